The summed E-state index contributed by atoms with van der Waals surface area (Å²) in [6.07, 6.45) is 7.22. The molecule has 5 nitrogen and oxygen atoms in total. The molecule has 0 radical (unpaired) electrons. The summed E-state index contributed by atoms with van der Waals surface area (Å²) < 4.78 is 25.1. The first-order valence-electron chi connectivity index (χ1n) is 11.6. The molecule has 3 rings (SSSR count). The second kappa shape index (κ2) is 12.5. The highest BCUT2D eigenvalue weighted by molar-refractivity contribution is 5.98. The number of rotatable bonds is 12. The van der Waals surface area contributed by atoms with Crippen LogP contribution in [0.5, 0.6) is 11.5 Å². The zero-order chi connectivity index (χ0) is 24.3. The van der Waals surface area contributed by atoms with Crippen molar-refractivity contribution in [3.8, 4) is 22.6 Å². The summed E-state index contributed by atoms with van der Waals surface area (Å²) in [6.45, 7) is 2.88. The molecule has 0 saturated heterocycles. The monoisotopic (exact) mass is 464 g/mol. The van der Waals surface area contributed by atoms with E-state index in [1.165, 1.54) is 31.7 Å². The summed E-state index contributed by atoms with van der Waals surface area (Å²) in [6, 6.07) is 17.7. The molecule has 1 N–H and O–H groups in total. The Morgan fingerprint density at radius 3 is 2.21 bits per heavy atom. The van der Waals surface area contributed by atoms with E-state index in [2.05, 4.69) is 6.92 Å². The molecule has 0 unspecified atom stereocenters. The van der Waals surface area contributed by atoms with Gasteiger partial charge in [-0.2, -0.15) is 0 Å². The summed E-state index contributed by atoms with van der Waals surface area (Å²) in [5.41, 5.74) is 1.30. The van der Waals surface area contributed by atoms with Crippen molar-refractivity contribution < 1.29 is 28.6 Å². The van der Waals surface area contributed by atoms with E-state index in [0.717, 1.165) is 36.3 Å². The third-order valence-corrected chi connectivity index (χ3v) is 5.46. The lowest BCUT2D eigenvalue weighted by Crippen LogP contribution is -2.11. The average Bonchev–Trinajstić information content (AvgIpc) is 2.83. The first kappa shape index (κ1) is 25.0. The van der Waals surface area contributed by atoms with Gasteiger partial charge >= 0.3 is 11.9 Å². The lowest BCUT2D eigenvalue weighted by molar-refractivity contribution is 0.0691. The largest absolute Gasteiger partial charge is 0.494 e. The molecule has 0 fully saturated rings. The molecular weight excluding hydrogens is 435 g/mol. The Morgan fingerprint density at radius 1 is 0.824 bits per heavy atom. The van der Waals surface area contributed by atoms with E-state index in [-0.39, 0.29) is 5.75 Å². The van der Waals surface area contributed by atoms with E-state index < -0.39 is 23.3 Å². The molecule has 0 amide bonds. The molecule has 178 valence electrons. The first-order valence-corrected chi connectivity index (χ1v) is 11.6. The van der Waals surface area contributed by atoms with Crippen LogP contribution in [0.2, 0.25) is 0 Å². The van der Waals surface area contributed by atoms with Gasteiger partial charge < -0.3 is 14.6 Å². The summed E-state index contributed by atoms with van der Waals surface area (Å²) in [4.78, 5) is 23.8. The van der Waals surface area contributed by atoms with E-state index in [1.54, 1.807) is 18.2 Å². The van der Waals surface area contributed by atoms with Gasteiger partial charge in [-0.1, -0.05) is 69.4 Å². The molecule has 34 heavy (non-hydrogen) atoms. The zero-order valence-electron chi connectivity index (χ0n) is 19.3. The Labute approximate surface area is 199 Å². The maximum atomic E-state index is 13.9. The molecule has 3 aromatic rings. The fourth-order valence-electron chi connectivity index (χ4n) is 3.61. The van der Waals surface area contributed by atoms with Crippen LogP contribution in [0.3, 0.4) is 0 Å². The zero-order valence-corrected chi connectivity index (χ0v) is 19.3. The minimum absolute atomic E-state index is 0.0688. The quantitative estimate of drug-likeness (QED) is 0.175. The highest BCUT2D eigenvalue weighted by atomic mass is 19.1. The SMILES string of the molecule is CCCCCCCCOc1ccc(-c2ccccc2C(=O)Oc2ccc(C(=O)O)c(F)c2)cc1. The number of carbonyl (C=O) groups is 2. The lowest BCUT2D eigenvalue weighted by Gasteiger charge is -2.11. The number of unbranched alkanes of at least 4 members (excludes halogenated alkanes) is 5. The molecule has 0 aliphatic heterocycles. The van der Waals surface area contributed by atoms with Crippen LogP contribution in [-0.2, 0) is 0 Å². The number of hydrogen-bond donors (Lipinski definition) is 1. The van der Waals surface area contributed by atoms with E-state index in [1.807, 2.05) is 30.3 Å². The van der Waals surface area contributed by atoms with E-state index in [9.17, 15) is 14.0 Å². The van der Waals surface area contributed by atoms with Gasteiger partial charge in [0.05, 0.1) is 17.7 Å². The fraction of sp³-hybridized carbons (Fsp3) is 0.286. The van der Waals surface area contributed by atoms with Crippen LogP contribution in [0.4, 0.5) is 4.39 Å². The van der Waals surface area contributed by atoms with Gasteiger partial charge in [0.1, 0.15) is 17.3 Å². The van der Waals surface area contributed by atoms with Gasteiger partial charge in [0.2, 0.25) is 0 Å². The first-order chi connectivity index (χ1) is 16.5. The highest BCUT2D eigenvalue weighted by Gasteiger charge is 2.17. The minimum atomic E-state index is -1.39. The van der Waals surface area contributed by atoms with Crippen molar-refractivity contribution in [3.05, 3.63) is 83.7 Å². The van der Waals surface area contributed by atoms with Crippen molar-refractivity contribution in [2.45, 2.75) is 45.4 Å². The van der Waals surface area contributed by atoms with E-state index in [0.29, 0.717) is 17.7 Å². The second-order valence-corrected chi connectivity index (χ2v) is 8.02. The fourth-order valence-corrected chi connectivity index (χ4v) is 3.61. The molecule has 0 aromatic heterocycles. The summed E-state index contributed by atoms with van der Waals surface area (Å²) in [5.74, 6) is -2.32. The van der Waals surface area contributed by atoms with Gasteiger partial charge in [0.25, 0.3) is 0 Å². The number of carbonyl (C=O) groups excluding carboxylic acids is 1. The van der Waals surface area contributed by atoms with Crippen molar-refractivity contribution in [3.63, 3.8) is 0 Å². The Kier molecular flexibility index (Phi) is 9.21. The number of halogens is 1. The summed E-state index contributed by atoms with van der Waals surface area (Å²) in [7, 11) is 0. The Balaban J connectivity index is 1.64. The number of aromatic carboxylic acids is 1. The number of carboxylic acid groups (broad SMARTS) is 1. The van der Waals surface area contributed by atoms with Gasteiger partial charge in [-0.25, -0.2) is 14.0 Å². The van der Waals surface area contributed by atoms with Crippen LogP contribution in [0.1, 0.15) is 66.2 Å². The molecule has 0 spiro atoms. The standard InChI is InChI=1S/C28H29FO5/c1-2-3-4-5-6-9-18-33-21-14-12-20(13-15-21)23-10-7-8-11-24(23)28(32)34-22-16-17-25(27(30)31)26(29)19-22/h7-8,10-17,19H,2-6,9,18H2,1H3,(H,30,31). The van der Waals surface area contributed by atoms with Crippen molar-refractivity contribution >= 4 is 11.9 Å². The summed E-state index contributed by atoms with van der Waals surface area (Å²) >= 11 is 0. The lowest BCUT2D eigenvalue weighted by atomic mass is 9.99. The number of carboxylic acids is 1. The van der Waals surface area contributed by atoms with Crippen molar-refractivity contribution in [2.24, 2.45) is 0 Å². The van der Waals surface area contributed by atoms with Crippen molar-refractivity contribution in [1.82, 2.24) is 0 Å². The summed E-state index contributed by atoms with van der Waals surface area (Å²) in [5, 5.41) is 8.94. The normalized spacial score (nSPS) is 10.6. The number of benzene rings is 3. The van der Waals surface area contributed by atoms with Gasteiger partial charge in [-0.05, 0) is 47.9 Å². The van der Waals surface area contributed by atoms with Crippen LogP contribution >= 0.6 is 0 Å². The van der Waals surface area contributed by atoms with Gasteiger partial charge in [0, 0.05) is 6.07 Å². The third-order valence-electron chi connectivity index (χ3n) is 5.46. The minimum Gasteiger partial charge on any atom is -0.494 e. The molecule has 0 saturated carbocycles. The topological polar surface area (TPSA) is 72.8 Å². The maximum absolute atomic E-state index is 13.9. The van der Waals surface area contributed by atoms with Crippen LogP contribution in [0.25, 0.3) is 11.1 Å². The smallest absolute Gasteiger partial charge is 0.344 e. The molecule has 6 heteroatoms. The van der Waals surface area contributed by atoms with Crippen LogP contribution in [0, 0.1) is 5.82 Å². The molecular formula is C28H29FO5. The number of hydrogen-bond acceptors (Lipinski definition) is 4. The van der Waals surface area contributed by atoms with Crippen LogP contribution in [-0.4, -0.2) is 23.7 Å². The van der Waals surface area contributed by atoms with Gasteiger partial charge in [-0.15, -0.1) is 0 Å². The third kappa shape index (κ3) is 6.91. The molecule has 0 bridgehead atoms. The molecule has 0 aliphatic carbocycles. The predicted molar refractivity (Wildman–Crippen MR) is 129 cm³/mol. The van der Waals surface area contributed by atoms with Gasteiger partial charge in [0.15, 0.2) is 0 Å². The number of ether oxygens (including phenoxy) is 2. The average molecular weight is 465 g/mol. The molecule has 0 aliphatic rings. The highest BCUT2D eigenvalue weighted by Crippen LogP contribution is 2.27. The van der Waals surface area contributed by atoms with E-state index in [4.69, 9.17) is 14.6 Å². The van der Waals surface area contributed by atoms with E-state index >= 15 is 0 Å². The predicted octanol–water partition coefficient (Wildman–Crippen LogP) is 7.15. The number of esters is 1. The molecule has 3 aromatic carbocycles. The van der Waals surface area contributed by atoms with Crippen LogP contribution < -0.4 is 9.47 Å². The van der Waals surface area contributed by atoms with Crippen molar-refractivity contribution in [1.29, 1.82) is 0 Å². The molecule has 0 heterocycles. The Morgan fingerprint density at radius 2 is 1.50 bits per heavy atom. The maximum Gasteiger partial charge on any atom is 0.344 e. The second-order valence-electron chi connectivity index (χ2n) is 8.02. The van der Waals surface area contributed by atoms with Crippen molar-refractivity contribution in [2.75, 3.05) is 6.61 Å². The Hall–Kier alpha value is -3.67. The van der Waals surface area contributed by atoms with Crippen LogP contribution in [0.15, 0.2) is 66.7 Å². The Bertz CT molecular complexity index is 1110. The van der Waals surface area contributed by atoms with Gasteiger partial charge in [-0.3, -0.25) is 0 Å². The molecule has 0 atom stereocenters.